The van der Waals surface area contributed by atoms with Crippen LogP contribution in [0.2, 0.25) is 0 Å². The van der Waals surface area contributed by atoms with Crippen LogP contribution in [0.4, 0.5) is 0 Å². The number of piperazine rings is 1. The van der Waals surface area contributed by atoms with Gasteiger partial charge in [-0.2, -0.15) is 0 Å². The first kappa shape index (κ1) is 14.4. The second-order valence-electron chi connectivity index (χ2n) is 5.55. The van der Waals surface area contributed by atoms with Gasteiger partial charge in [0.15, 0.2) is 0 Å². The molecule has 1 saturated heterocycles. The van der Waals surface area contributed by atoms with E-state index in [2.05, 4.69) is 45.2 Å². The number of likely N-dealkylation sites (N-methyl/N-ethyl adjacent to an activating group) is 2. The highest BCUT2D eigenvalue weighted by atomic mass is 15.3. The summed E-state index contributed by atoms with van der Waals surface area (Å²) in [6, 6.07) is 2.57. The summed E-state index contributed by atoms with van der Waals surface area (Å²) in [5, 5.41) is 3.15. The van der Waals surface area contributed by atoms with Gasteiger partial charge in [-0.3, -0.25) is 0 Å². The Balaban J connectivity index is 2.09. The third-order valence-corrected chi connectivity index (χ3v) is 3.71. The molecule has 1 aliphatic rings. The van der Waals surface area contributed by atoms with E-state index >= 15 is 0 Å². The molecule has 5 nitrogen and oxygen atoms in total. The molecule has 1 aliphatic heterocycles. The number of aryl methyl sites for hydroxylation is 1. The number of nitrogens with zero attached hydrogens (tertiary/aromatic N) is 4. The Kier molecular flexibility index (Phi) is 4.85. The molecule has 106 valence electrons. The minimum atomic E-state index is 0.517. The summed E-state index contributed by atoms with van der Waals surface area (Å²) < 4.78 is 0. The average molecular weight is 263 g/mol. The van der Waals surface area contributed by atoms with E-state index in [-0.39, 0.29) is 0 Å². The lowest BCUT2D eigenvalue weighted by molar-refractivity contribution is 0.113. The fourth-order valence-electron chi connectivity index (χ4n) is 2.60. The van der Waals surface area contributed by atoms with Crippen molar-refractivity contribution >= 4 is 0 Å². The molecule has 1 aromatic heterocycles. The summed E-state index contributed by atoms with van der Waals surface area (Å²) in [6.07, 6.45) is 0.930. The van der Waals surface area contributed by atoms with Crippen molar-refractivity contribution in [1.29, 1.82) is 0 Å². The smallest absolute Gasteiger partial charge is 0.130 e. The standard InChI is InChI=1S/C14H25N5/c1-11-7-12(9-15-2)17-14(16-11)8-13-10-18(3)5-6-19(13)4/h7,13,15H,5-6,8-10H2,1-4H3. The predicted octanol–water partition coefficient (Wildman–Crippen LogP) is 0.293. The lowest BCUT2D eigenvalue weighted by Crippen LogP contribution is -2.51. The second kappa shape index (κ2) is 6.41. The van der Waals surface area contributed by atoms with Gasteiger partial charge in [-0.25, -0.2) is 9.97 Å². The topological polar surface area (TPSA) is 44.3 Å². The number of nitrogens with one attached hydrogen (secondary N) is 1. The van der Waals surface area contributed by atoms with Crippen LogP contribution in [0, 0.1) is 6.92 Å². The van der Waals surface area contributed by atoms with Crippen LogP contribution in [-0.2, 0) is 13.0 Å². The second-order valence-corrected chi connectivity index (χ2v) is 5.55. The van der Waals surface area contributed by atoms with Crippen LogP contribution in [0.1, 0.15) is 17.2 Å². The van der Waals surface area contributed by atoms with E-state index in [1.807, 2.05) is 14.0 Å². The maximum atomic E-state index is 4.66. The molecule has 1 unspecified atom stereocenters. The van der Waals surface area contributed by atoms with Gasteiger partial charge in [0.2, 0.25) is 0 Å². The fourth-order valence-corrected chi connectivity index (χ4v) is 2.60. The van der Waals surface area contributed by atoms with Crippen LogP contribution in [0.5, 0.6) is 0 Å². The molecule has 0 aromatic carbocycles. The molecule has 1 atom stereocenters. The molecule has 19 heavy (non-hydrogen) atoms. The Morgan fingerprint density at radius 3 is 2.84 bits per heavy atom. The molecule has 0 amide bonds. The highest BCUT2D eigenvalue weighted by Crippen LogP contribution is 2.11. The number of hydrogen-bond acceptors (Lipinski definition) is 5. The van der Waals surface area contributed by atoms with Gasteiger partial charge in [0.1, 0.15) is 5.82 Å². The van der Waals surface area contributed by atoms with Crippen LogP contribution in [-0.4, -0.2) is 66.6 Å². The molecule has 1 N–H and O–H groups in total. The molecule has 0 bridgehead atoms. The van der Waals surface area contributed by atoms with Crippen molar-refractivity contribution in [3.8, 4) is 0 Å². The Labute approximate surface area is 116 Å². The molecule has 0 spiro atoms. The lowest BCUT2D eigenvalue weighted by Gasteiger charge is -2.37. The van der Waals surface area contributed by atoms with Gasteiger partial charge in [0.25, 0.3) is 0 Å². The minimum Gasteiger partial charge on any atom is -0.314 e. The van der Waals surface area contributed by atoms with Crippen LogP contribution in [0.3, 0.4) is 0 Å². The van der Waals surface area contributed by atoms with Crippen molar-refractivity contribution < 1.29 is 0 Å². The van der Waals surface area contributed by atoms with Crippen molar-refractivity contribution in [3.05, 3.63) is 23.3 Å². The van der Waals surface area contributed by atoms with E-state index in [0.29, 0.717) is 6.04 Å². The predicted molar refractivity (Wildman–Crippen MR) is 77.2 cm³/mol. The fraction of sp³-hybridized carbons (Fsp3) is 0.714. The zero-order chi connectivity index (χ0) is 13.8. The van der Waals surface area contributed by atoms with E-state index in [1.54, 1.807) is 0 Å². The van der Waals surface area contributed by atoms with E-state index < -0.39 is 0 Å². The normalized spacial score (nSPS) is 21.8. The van der Waals surface area contributed by atoms with Gasteiger partial charge in [-0.15, -0.1) is 0 Å². The molecule has 2 heterocycles. The quantitative estimate of drug-likeness (QED) is 0.846. The Hall–Kier alpha value is -1.04. The van der Waals surface area contributed by atoms with Crippen molar-refractivity contribution in [2.24, 2.45) is 0 Å². The summed E-state index contributed by atoms with van der Waals surface area (Å²) >= 11 is 0. The Morgan fingerprint density at radius 1 is 1.32 bits per heavy atom. The molecule has 5 heteroatoms. The van der Waals surface area contributed by atoms with Crippen LogP contribution < -0.4 is 5.32 Å². The maximum absolute atomic E-state index is 4.66. The van der Waals surface area contributed by atoms with Gasteiger partial charge >= 0.3 is 0 Å². The van der Waals surface area contributed by atoms with Gasteiger partial charge in [0, 0.05) is 44.3 Å². The summed E-state index contributed by atoms with van der Waals surface area (Å²) in [5.41, 5.74) is 2.14. The summed E-state index contributed by atoms with van der Waals surface area (Å²) in [6.45, 7) is 6.20. The molecule has 1 fully saturated rings. The van der Waals surface area contributed by atoms with Gasteiger partial charge in [-0.1, -0.05) is 0 Å². The Morgan fingerprint density at radius 2 is 2.11 bits per heavy atom. The van der Waals surface area contributed by atoms with E-state index in [9.17, 15) is 0 Å². The third-order valence-electron chi connectivity index (χ3n) is 3.71. The van der Waals surface area contributed by atoms with Crippen molar-refractivity contribution in [2.75, 3.05) is 40.8 Å². The lowest BCUT2D eigenvalue weighted by atomic mass is 10.1. The molecule has 0 saturated carbocycles. The first-order valence-electron chi connectivity index (χ1n) is 6.95. The maximum Gasteiger partial charge on any atom is 0.130 e. The van der Waals surface area contributed by atoms with Crippen LogP contribution in [0.15, 0.2) is 6.07 Å². The van der Waals surface area contributed by atoms with Crippen molar-refractivity contribution in [3.63, 3.8) is 0 Å². The van der Waals surface area contributed by atoms with Gasteiger partial charge in [-0.05, 0) is 34.1 Å². The molecule has 2 rings (SSSR count). The monoisotopic (exact) mass is 263 g/mol. The molecule has 0 radical (unpaired) electrons. The highest BCUT2D eigenvalue weighted by molar-refractivity contribution is 5.11. The van der Waals surface area contributed by atoms with E-state index in [0.717, 1.165) is 49.8 Å². The average Bonchev–Trinajstić information content (AvgIpc) is 2.33. The number of hydrogen-bond donors (Lipinski definition) is 1. The van der Waals surface area contributed by atoms with Crippen molar-refractivity contribution in [1.82, 2.24) is 25.1 Å². The number of aromatic nitrogens is 2. The van der Waals surface area contributed by atoms with Crippen LogP contribution in [0.25, 0.3) is 0 Å². The summed E-state index contributed by atoms with van der Waals surface area (Å²) in [4.78, 5) is 14.0. The molecule has 1 aromatic rings. The van der Waals surface area contributed by atoms with E-state index in [4.69, 9.17) is 0 Å². The zero-order valence-corrected chi connectivity index (χ0v) is 12.5. The molecular formula is C14H25N5. The van der Waals surface area contributed by atoms with Crippen LogP contribution >= 0.6 is 0 Å². The van der Waals surface area contributed by atoms with Crippen molar-refractivity contribution in [2.45, 2.75) is 25.9 Å². The first-order chi connectivity index (χ1) is 9.08. The third kappa shape index (κ3) is 3.96. The first-order valence-corrected chi connectivity index (χ1v) is 6.95. The largest absolute Gasteiger partial charge is 0.314 e. The minimum absolute atomic E-state index is 0.517. The Bertz CT molecular complexity index is 420. The SMILES string of the molecule is CNCc1cc(C)nc(CC2CN(C)CCN2C)n1. The summed E-state index contributed by atoms with van der Waals surface area (Å²) in [5.74, 6) is 0.970. The zero-order valence-electron chi connectivity index (χ0n) is 12.5. The summed E-state index contributed by atoms with van der Waals surface area (Å²) in [7, 11) is 6.33. The van der Waals surface area contributed by atoms with Gasteiger partial charge < -0.3 is 15.1 Å². The molecule has 0 aliphatic carbocycles. The van der Waals surface area contributed by atoms with E-state index in [1.165, 1.54) is 0 Å². The molecular weight excluding hydrogens is 238 g/mol. The number of rotatable bonds is 4. The highest BCUT2D eigenvalue weighted by Gasteiger charge is 2.23. The van der Waals surface area contributed by atoms with Gasteiger partial charge in [0.05, 0.1) is 5.69 Å².